The molecule has 0 saturated carbocycles. The van der Waals surface area contributed by atoms with Crippen LogP contribution in [0.2, 0.25) is 0 Å². The van der Waals surface area contributed by atoms with Gasteiger partial charge in [0.05, 0.1) is 11.6 Å². The summed E-state index contributed by atoms with van der Waals surface area (Å²) < 4.78 is 2.06. The van der Waals surface area contributed by atoms with Gasteiger partial charge in [0.15, 0.2) is 0 Å². The smallest absolute Gasteiger partial charge is 0.231 e. The molecule has 3 nitrogen and oxygen atoms in total. The van der Waals surface area contributed by atoms with Gasteiger partial charge >= 0.3 is 0 Å². The van der Waals surface area contributed by atoms with Crippen molar-refractivity contribution in [2.24, 2.45) is 5.41 Å². The molecular weight excluding hydrogens is 332 g/mol. The normalized spacial score (nSPS) is 21.9. The lowest BCUT2D eigenvalue weighted by Gasteiger charge is -2.38. The first-order valence-corrected chi connectivity index (χ1v) is 9.97. The van der Waals surface area contributed by atoms with E-state index >= 15 is 0 Å². The van der Waals surface area contributed by atoms with Crippen molar-refractivity contribution in [2.45, 2.75) is 45.7 Å². The molecule has 0 bridgehead atoms. The van der Waals surface area contributed by atoms with Crippen molar-refractivity contribution < 1.29 is 4.79 Å². The number of carbonyl (C=O) groups is 1. The third-order valence-corrected chi connectivity index (χ3v) is 6.28. The fourth-order valence-electron chi connectivity index (χ4n) is 5.11. The van der Waals surface area contributed by atoms with E-state index in [9.17, 15) is 4.79 Å². The minimum absolute atomic E-state index is 0.00538. The lowest BCUT2D eigenvalue weighted by Crippen LogP contribution is -2.37. The molecule has 0 fully saturated rings. The molecule has 1 unspecified atom stereocenters. The summed E-state index contributed by atoms with van der Waals surface area (Å²) >= 11 is 0. The Kier molecular flexibility index (Phi) is 3.76. The van der Waals surface area contributed by atoms with E-state index in [4.69, 9.17) is 0 Å². The van der Waals surface area contributed by atoms with Crippen molar-refractivity contribution in [3.63, 3.8) is 0 Å². The summed E-state index contributed by atoms with van der Waals surface area (Å²) in [6, 6.07) is 19.5. The molecule has 1 atom stereocenters. The minimum Gasteiger partial charge on any atom is -0.290 e. The van der Waals surface area contributed by atoms with Gasteiger partial charge in [-0.3, -0.25) is 14.3 Å². The Morgan fingerprint density at radius 3 is 2.59 bits per heavy atom. The first kappa shape index (κ1) is 16.8. The van der Waals surface area contributed by atoms with E-state index in [0.29, 0.717) is 12.5 Å². The van der Waals surface area contributed by atoms with Crippen LogP contribution in [0.25, 0.3) is 10.9 Å². The van der Waals surface area contributed by atoms with Crippen LogP contribution in [0.3, 0.4) is 0 Å². The quantitative estimate of drug-likeness (QED) is 0.629. The van der Waals surface area contributed by atoms with Gasteiger partial charge < -0.3 is 0 Å². The molecule has 138 valence electrons. The molecule has 0 radical (unpaired) electrons. The minimum atomic E-state index is 0.00538. The average molecular weight is 358 g/mol. The number of fused-ring (bicyclic) bond motifs is 3. The first-order chi connectivity index (χ1) is 13.0. The highest BCUT2D eigenvalue weighted by Gasteiger charge is 2.41. The molecule has 3 heterocycles. The second kappa shape index (κ2) is 6.07. The Bertz CT molecular complexity index is 1020. The molecule has 5 rings (SSSR count). The van der Waals surface area contributed by atoms with E-state index in [2.05, 4.69) is 77.9 Å². The molecule has 2 aliphatic rings. The third-order valence-electron chi connectivity index (χ3n) is 6.28. The molecule has 3 heteroatoms. The van der Waals surface area contributed by atoms with E-state index in [-0.39, 0.29) is 11.3 Å². The van der Waals surface area contributed by atoms with Crippen molar-refractivity contribution in [3.8, 4) is 0 Å². The Hall–Kier alpha value is -2.39. The van der Waals surface area contributed by atoms with Crippen molar-refractivity contribution in [3.05, 3.63) is 71.4 Å². The standard InChI is InChI=1S/C24H26N2O/c1-24(2)14-21-23-19(12-13-25(21)16-17-8-4-3-5-9-17)18-10-6-7-11-20(18)26(23)22(27)15-24/h3-11,21H,12-16H2,1-2H3. The molecule has 0 aliphatic carbocycles. The highest BCUT2D eigenvalue weighted by atomic mass is 16.2. The van der Waals surface area contributed by atoms with Crippen LogP contribution in [0.1, 0.15) is 54.3 Å². The number of hydrogen-bond donors (Lipinski definition) is 0. The summed E-state index contributed by atoms with van der Waals surface area (Å²) in [7, 11) is 0. The average Bonchev–Trinajstić information content (AvgIpc) is 2.93. The van der Waals surface area contributed by atoms with Crippen LogP contribution in [0.5, 0.6) is 0 Å². The van der Waals surface area contributed by atoms with E-state index < -0.39 is 0 Å². The summed E-state index contributed by atoms with van der Waals surface area (Å²) in [5.41, 5.74) is 5.10. The molecule has 0 saturated heterocycles. The number of carbonyl (C=O) groups excluding carboxylic acids is 1. The lowest BCUT2D eigenvalue weighted by molar-refractivity contribution is 0.0850. The van der Waals surface area contributed by atoms with Gasteiger partial charge in [-0.05, 0) is 35.4 Å². The zero-order valence-corrected chi connectivity index (χ0v) is 16.1. The van der Waals surface area contributed by atoms with E-state index in [0.717, 1.165) is 31.4 Å². The van der Waals surface area contributed by atoms with Gasteiger partial charge in [0.25, 0.3) is 0 Å². The topological polar surface area (TPSA) is 25.2 Å². The monoisotopic (exact) mass is 358 g/mol. The van der Waals surface area contributed by atoms with Crippen LogP contribution in [-0.4, -0.2) is 21.9 Å². The van der Waals surface area contributed by atoms with E-state index in [1.54, 1.807) is 0 Å². The summed E-state index contributed by atoms with van der Waals surface area (Å²) in [6.45, 7) is 6.48. The van der Waals surface area contributed by atoms with Crippen LogP contribution in [0.15, 0.2) is 54.6 Å². The largest absolute Gasteiger partial charge is 0.290 e. The molecule has 2 aromatic carbocycles. The molecule has 27 heavy (non-hydrogen) atoms. The van der Waals surface area contributed by atoms with Crippen molar-refractivity contribution >= 4 is 16.8 Å². The van der Waals surface area contributed by atoms with Crippen LogP contribution in [0.4, 0.5) is 0 Å². The predicted octanol–water partition coefficient (Wildman–Crippen LogP) is 5.20. The van der Waals surface area contributed by atoms with Gasteiger partial charge in [-0.25, -0.2) is 0 Å². The lowest BCUT2D eigenvalue weighted by atomic mass is 9.80. The number of nitrogens with zero attached hydrogens (tertiary/aromatic N) is 2. The maximum atomic E-state index is 13.2. The fraction of sp³-hybridized carbons (Fsp3) is 0.375. The highest BCUT2D eigenvalue weighted by molar-refractivity contribution is 5.97. The second-order valence-electron chi connectivity index (χ2n) is 8.88. The number of hydrogen-bond acceptors (Lipinski definition) is 2. The first-order valence-electron chi connectivity index (χ1n) is 9.97. The van der Waals surface area contributed by atoms with Crippen molar-refractivity contribution in [1.29, 1.82) is 0 Å². The van der Waals surface area contributed by atoms with Crippen LogP contribution in [-0.2, 0) is 13.0 Å². The van der Waals surface area contributed by atoms with E-state index in [1.165, 1.54) is 22.2 Å². The van der Waals surface area contributed by atoms with Gasteiger partial charge in [-0.1, -0.05) is 62.4 Å². The fourth-order valence-corrected chi connectivity index (χ4v) is 5.11. The van der Waals surface area contributed by atoms with Crippen LogP contribution >= 0.6 is 0 Å². The maximum absolute atomic E-state index is 13.2. The Balaban J connectivity index is 1.67. The third kappa shape index (κ3) is 2.72. The SMILES string of the molecule is CC1(C)CC(=O)n2c3c(c4ccccc42)CCN(Cc2ccccc2)C3C1. The van der Waals surface area contributed by atoms with Crippen molar-refractivity contribution in [1.82, 2.24) is 9.47 Å². The molecule has 3 aromatic rings. The number of rotatable bonds is 2. The number of benzene rings is 2. The van der Waals surface area contributed by atoms with Gasteiger partial charge in [0.1, 0.15) is 0 Å². The van der Waals surface area contributed by atoms with Crippen LogP contribution < -0.4 is 0 Å². The van der Waals surface area contributed by atoms with Gasteiger partial charge in [-0.2, -0.15) is 0 Å². The van der Waals surface area contributed by atoms with Gasteiger partial charge in [0, 0.05) is 30.6 Å². The van der Waals surface area contributed by atoms with E-state index in [1.807, 2.05) is 0 Å². The Labute approximate surface area is 160 Å². The number of aromatic nitrogens is 1. The molecule has 2 aliphatic heterocycles. The van der Waals surface area contributed by atoms with Gasteiger partial charge in [0.2, 0.25) is 5.91 Å². The predicted molar refractivity (Wildman–Crippen MR) is 109 cm³/mol. The molecule has 0 N–H and O–H groups in total. The molecule has 0 amide bonds. The highest BCUT2D eigenvalue weighted by Crippen LogP contribution is 2.46. The van der Waals surface area contributed by atoms with Crippen molar-refractivity contribution in [2.75, 3.05) is 6.54 Å². The summed E-state index contributed by atoms with van der Waals surface area (Å²) in [4.78, 5) is 15.8. The Morgan fingerprint density at radius 1 is 1.04 bits per heavy atom. The molecule has 0 spiro atoms. The Morgan fingerprint density at radius 2 is 1.78 bits per heavy atom. The maximum Gasteiger partial charge on any atom is 0.231 e. The number of para-hydroxylation sites is 1. The summed E-state index contributed by atoms with van der Waals surface area (Å²) in [5, 5.41) is 1.27. The van der Waals surface area contributed by atoms with Gasteiger partial charge in [-0.15, -0.1) is 0 Å². The molecule has 1 aromatic heterocycles. The van der Waals surface area contributed by atoms with Crippen LogP contribution in [0, 0.1) is 5.41 Å². The summed E-state index contributed by atoms with van der Waals surface area (Å²) in [6.07, 6.45) is 2.64. The molecular formula is C24H26N2O. The zero-order valence-electron chi connectivity index (χ0n) is 16.1. The zero-order chi connectivity index (χ0) is 18.6. The summed E-state index contributed by atoms with van der Waals surface area (Å²) in [5.74, 6) is 0.251. The second-order valence-corrected chi connectivity index (χ2v) is 8.88.